The predicted molar refractivity (Wildman–Crippen MR) is 71.3 cm³/mol. The van der Waals surface area contributed by atoms with Crippen LogP contribution in [0, 0.1) is 23.9 Å². The summed E-state index contributed by atoms with van der Waals surface area (Å²) in [5.74, 6) is 2.85. The zero-order valence-electron chi connectivity index (χ0n) is 10.9. The van der Waals surface area contributed by atoms with Crippen LogP contribution in [0.1, 0.15) is 25.0 Å². The normalized spacial score (nSPS) is 20.8. The van der Waals surface area contributed by atoms with Gasteiger partial charge in [0.25, 0.3) is 0 Å². The Morgan fingerprint density at radius 1 is 1.17 bits per heavy atom. The first kappa shape index (κ1) is 13.4. The second-order valence-corrected chi connectivity index (χ2v) is 7.05. The van der Waals surface area contributed by atoms with Crippen LogP contribution >= 0.6 is 7.60 Å². The van der Waals surface area contributed by atoms with Gasteiger partial charge in [0.15, 0.2) is 0 Å². The molecule has 1 saturated heterocycles. The van der Waals surface area contributed by atoms with Gasteiger partial charge in [-0.2, -0.15) is 0 Å². The highest BCUT2D eigenvalue weighted by atomic mass is 31.2. The van der Waals surface area contributed by atoms with Crippen molar-refractivity contribution in [3.8, 4) is 11.6 Å². The molecule has 0 amide bonds. The van der Waals surface area contributed by atoms with Gasteiger partial charge in [-0.1, -0.05) is 37.5 Å². The van der Waals surface area contributed by atoms with E-state index < -0.39 is 7.60 Å². The van der Waals surface area contributed by atoms with E-state index in [0.29, 0.717) is 13.2 Å². The van der Waals surface area contributed by atoms with Crippen molar-refractivity contribution in [2.45, 2.75) is 20.8 Å². The average molecular weight is 264 g/mol. The molecule has 2 rings (SSSR count). The lowest BCUT2D eigenvalue weighted by molar-refractivity contribution is 0.0467. The topological polar surface area (TPSA) is 35.5 Å². The number of rotatable bonds is 0. The molecule has 0 aromatic heterocycles. The summed E-state index contributed by atoms with van der Waals surface area (Å²) < 4.78 is 22.7. The first-order chi connectivity index (χ1) is 8.39. The van der Waals surface area contributed by atoms with Crippen molar-refractivity contribution >= 4 is 7.60 Å². The highest BCUT2D eigenvalue weighted by Gasteiger charge is 2.35. The summed E-state index contributed by atoms with van der Waals surface area (Å²) in [5, 5.41) is 0. The molecule has 0 N–H and O–H groups in total. The van der Waals surface area contributed by atoms with Gasteiger partial charge in [-0.25, -0.2) is 4.57 Å². The van der Waals surface area contributed by atoms with Crippen molar-refractivity contribution in [2.24, 2.45) is 5.41 Å². The molecule has 1 aromatic carbocycles. The third-order valence-electron chi connectivity index (χ3n) is 2.64. The van der Waals surface area contributed by atoms with E-state index in [0.717, 1.165) is 5.56 Å². The van der Waals surface area contributed by atoms with Crippen molar-refractivity contribution in [1.29, 1.82) is 0 Å². The van der Waals surface area contributed by atoms with Crippen molar-refractivity contribution < 1.29 is 13.6 Å². The van der Waals surface area contributed by atoms with Gasteiger partial charge in [0.2, 0.25) is 0 Å². The molecule has 0 radical (unpaired) electrons. The summed E-state index contributed by atoms with van der Waals surface area (Å²) >= 11 is 0. The van der Waals surface area contributed by atoms with Gasteiger partial charge in [-0.15, -0.1) is 0 Å². The van der Waals surface area contributed by atoms with Crippen LogP contribution in [0.25, 0.3) is 0 Å². The first-order valence-electron chi connectivity index (χ1n) is 5.88. The van der Waals surface area contributed by atoms with Crippen molar-refractivity contribution in [1.82, 2.24) is 0 Å². The summed E-state index contributed by atoms with van der Waals surface area (Å²) in [4.78, 5) is 0. The highest BCUT2D eigenvalue weighted by Crippen LogP contribution is 2.52. The quantitative estimate of drug-likeness (QED) is 0.531. The molecule has 0 atom stereocenters. The van der Waals surface area contributed by atoms with Crippen LogP contribution < -0.4 is 0 Å². The lowest BCUT2D eigenvalue weighted by Crippen LogP contribution is -2.28. The number of benzene rings is 1. The van der Waals surface area contributed by atoms with E-state index in [-0.39, 0.29) is 5.41 Å². The molecule has 18 heavy (non-hydrogen) atoms. The SMILES string of the molecule is Cc1ccc(C#CP2(=O)OCC(C)(C)CO2)cc1. The molecule has 1 heterocycles. The van der Waals surface area contributed by atoms with Crippen molar-refractivity contribution in [3.05, 3.63) is 35.4 Å². The highest BCUT2D eigenvalue weighted by molar-refractivity contribution is 7.59. The van der Waals surface area contributed by atoms with E-state index in [9.17, 15) is 4.57 Å². The monoisotopic (exact) mass is 264 g/mol. The smallest absolute Gasteiger partial charge is 0.299 e. The molecule has 0 saturated carbocycles. The molecule has 0 spiro atoms. The molecule has 3 nitrogen and oxygen atoms in total. The number of hydrogen-bond acceptors (Lipinski definition) is 3. The fourth-order valence-electron chi connectivity index (χ4n) is 1.43. The molecule has 0 unspecified atom stereocenters. The standard InChI is InChI=1S/C14H17O3P/c1-12-4-6-13(7-5-12)8-9-18(15)16-10-14(2,3)11-17-18/h4-7H,10-11H2,1-3H3. The van der Waals surface area contributed by atoms with E-state index in [2.05, 4.69) is 11.6 Å². The molecule has 1 fully saturated rings. The molecule has 1 aromatic rings. The Balaban J connectivity index is 2.10. The second kappa shape index (κ2) is 4.90. The maximum Gasteiger partial charge on any atom is 0.405 e. The van der Waals surface area contributed by atoms with Gasteiger partial charge in [0, 0.05) is 16.6 Å². The number of aryl methyl sites for hydroxylation is 1. The Kier molecular flexibility index (Phi) is 3.64. The Morgan fingerprint density at radius 2 is 1.72 bits per heavy atom. The molecular weight excluding hydrogens is 247 g/mol. The second-order valence-electron chi connectivity index (χ2n) is 5.31. The summed E-state index contributed by atoms with van der Waals surface area (Å²) in [5.41, 5.74) is 4.51. The third kappa shape index (κ3) is 3.46. The maximum atomic E-state index is 12.1. The lowest BCUT2D eigenvalue weighted by atomic mass is 9.97. The van der Waals surface area contributed by atoms with Gasteiger partial charge in [0.05, 0.1) is 13.2 Å². The van der Waals surface area contributed by atoms with Crippen LogP contribution in [0.5, 0.6) is 0 Å². The Bertz CT molecular complexity index is 520. The minimum atomic E-state index is -3.23. The van der Waals surface area contributed by atoms with E-state index >= 15 is 0 Å². The molecule has 4 heteroatoms. The summed E-state index contributed by atoms with van der Waals surface area (Å²) in [6, 6.07) is 7.71. The molecule has 0 aliphatic carbocycles. The molecule has 96 valence electrons. The zero-order valence-corrected chi connectivity index (χ0v) is 11.8. The first-order valence-corrected chi connectivity index (χ1v) is 7.42. The van der Waals surface area contributed by atoms with Gasteiger partial charge in [-0.05, 0) is 19.1 Å². The van der Waals surface area contributed by atoms with E-state index in [1.165, 1.54) is 5.56 Å². The summed E-state index contributed by atoms with van der Waals surface area (Å²) in [7, 11) is -3.23. The van der Waals surface area contributed by atoms with E-state index in [4.69, 9.17) is 9.05 Å². The molecule has 1 aliphatic rings. The Hall–Kier alpha value is -1.07. The maximum absolute atomic E-state index is 12.1. The van der Waals surface area contributed by atoms with Crippen molar-refractivity contribution in [3.63, 3.8) is 0 Å². The third-order valence-corrected chi connectivity index (χ3v) is 3.96. The van der Waals surface area contributed by atoms with Gasteiger partial charge in [0.1, 0.15) is 0 Å². The van der Waals surface area contributed by atoms with Crippen molar-refractivity contribution in [2.75, 3.05) is 13.2 Å². The molecule has 1 aliphatic heterocycles. The van der Waals surface area contributed by atoms with Crippen LogP contribution in [0.2, 0.25) is 0 Å². The minimum absolute atomic E-state index is 0.0978. The Labute approximate surface area is 108 Å². The van der Waals surface area contributed by atoms with E-state index in [1.807, 2.05) is 45.0 Å². The van der Waals surface area contributed by atoms with Gasteiger partial charge >= 0.3 is 7.60 Å². The molecular formula is C14H17O3P. The Morgan fingerprint density at radius 3 is 2.28 bits per heavy atom. The van der Waals surface area contributed by atoms with Crippen LogP contribution in [-0.4, -0.2) is 13.2 Å². The summed E-state index contributed by atoms with van der Waals surface area (Å²) in [6.45, 7) is 6.84. The van der Waals surface area contributed by atoms with Crippen LogP contribution in [0.4, 0.5) is 0 Å². The van der Waals surface area contributed by atoms with Crippen LogP contribution in [0.3, 0.4) is 0 Å². The largest absolute Gasteiger partial charge is 0.405 e. The fraction of sp³-hybridized carbons (Fsp3) is 0.429. The molecule has 0 bridgehead atoms. The van der Waals surface area contributed by atoms with Crippen LogP contribution in [0.15, 0.2) is 24.3 Å². The average Bonchev–Trinajstić information content (AvgIpc) is 2.33. The summed E-state index contributed by atoms with van der Waals surface area (Å²) in [6.07, 6.45) is 0. The predicted octanol–water partition coefficient (Wildman–Crippen LogP) is 3.57. The fourth-order valence-corrected chi connectivity index (χ4v) is 2.94. The lowest BCUT2D eigenvalue weighted by Gasteiger charge is -2.31. The van der Waals surface area contributed by atoms with E-state index in [1.54, 1.807) is 0 Å². The zero-order chi connectivity index (χ0) is 13.2. The van der Waals surface area contributed by atoms with Gasteiger partial charge in [-0.3, -0.25) is 9.05 Å². The minimum Gasteiger partial charge on any atom is -0.299 e. The van der Waals surface area contributed by atoms with Gasteiger partial charge < -0.3 is 0 Å². The van der Waals surface area contributed by atoms with Crippen LogP contribution in [-0.2, 0) is 13.6 Å². The number of hydrogen-bond donors (Lipinski definition) is 0.